The Morgan fingerprint density at radius 3 is 2.06 bits per heavy atom. The van der Waals surface area contributed by atoms with E-state index in [-0.39, 0.29) is 67.4 Å². The molecule has 1 aromatic rings. The van der Waals surface area contributed by atoms with E-state index in [0.29, 0.717) is 6.92 Å². The molecule has 0 atom stereocenters. The zero-order chi connectivity index (χ0) is 11.5. The summed E-state index contributed by atoms with van der Waals surface area (Å²) in [6.45, 7) is 0.640. The van der Waals surface area contributed by atoms with Crippen molar-refractivity contribution in [1.29, 1.82) is 0 Å². The smallest absolute Gasteiger partial charge is 1.00 e. The van der Waals surface area contributed by atoms with Crippen LogP contribution in [0.25, 0.3) is 0 Å². The van der Waals surface area contributed by atoms with Crippen molar-refractivity contribution in [3.05, 3.63) is 29.8 Å². The number of esters is 1. The van der Waals surface area contributed by atoms with Gasteiger partial charge in [-0.1, -0.05) is 0 Å². The number of methoxy groups -OCH3 is 1. The maximum atomic E-state index is 12.4. The van der Waals surface area contributed by atoms with Crippen LogP contribution in [0, 0.1) is 0 Å². The van der Waals surface area contributed by atoms with Gasteiger partial charge < -0.3 is 14.2 Å². The largest absolute Gasteiger partial charge is 1.00 e. The summed E-state index contributed by atoms with van der Waals surface area (Å²) in [5.74, 6) is -0.528. The van der Waals surface area contributed by atoms with E-state index in [4.69, 9.17) is 0 Å². The van der Waals surface area contributed by atoms with Gasteiger partial charge in [0.05, 0.1) is 12.7 Å². The maximum absolute atomic E-state index is 12.4. The number of benzene rings is 1. The topological polar surface area (TPSA) is 35.5 Å². The van der Waals surface area contributed by atoms with Gasteiger partial charge in [-0.05, 0) is 24.3 Å². The van der Waals surface area contributed by atoms with Crippen LogP contribution in [-0.2, 0) is 4.74 Å². The van der Waals surface area contributed by atoms with E-state index in [2.05, 4.69) is 9.47 Å². The number of ether oxygens (including phenoxy) is 2. The van der Waals surface area contributed by atoms with Crippen molar-refractivity contribution in [2.24, 2.45) is 0 Å². The molecule has 0 amide bonds. The van der Waals surface area contributed by atoms with E-state index in [0.717, 1.165) is 0 Å². The van der Waals surface area contributed by atoms with E-state index in [1.54, 1.807) is 0 Å². The van der Waals surface area contributed by atoms with Gasteiger partial charge in [-0.3, -0.25) is 0 Å². The van der Waals surface area contributed by atoms with Gasteiger partial charge in [0.1, 0.15) is 5.75 Å². The van der Waals surface area contributed by atoms with Crippen molar-refractivity contribution in [2.75, 3.05) is 7.11 Å². The summed E-state index contributed by atoms with van der Waals surface area (Å²) >= 11 is 0. The first kappa shape index (κ1) is 19.3. The summed E-state index contributed by atoms with van der Waals surface area (Å²) in [5.41, 5.74) is 0.282. The van der Waals surface area contributed by atoms with Gasteiger partial charge in [0, 0.05) is 6.92 Å². The zero-order valence-corrected chi connectivity index (χ0v) is 12.8. The Labute approximate surface area is 139 Å². The fourth-order valence-electron chi connectivity index (χ4n) is 0.984. The molecule has 0 aromatic heterocycles. The molecule has 0 heterocycles. The molecular formula is C10H10F3KO3. The normalized spacial score (nSPS) is 9.65. The second-order valence-corrected chi connectivity index (χ2v) is 2.93. The number of hydrogen-bond acceptors (Lipinski definition) is 3. The summed E-state index contributed by atoms with van der Waals surface area (Å²) in [4.78, 5) is 11.0. The Kier molecular flexibility index (Phi) is 9.17. The summed E-state index contributed by atoms with van der Waals surface area (Å²) < 4.78 is 33.6. The molecule has 0 aliphatic heterocycles. The van der Waals surface area contributed by atoms with Gasteiger partial charge in [0.2, 0.25) is 0 Å². The number of rotatable bonds is 3. The third kappa shape index (κ3) is 7.05. The maximum Gasteiger partial charge on any atom is 1.00 e. The van der Waals surface area contributed by atoms with Gasteiger partial charge in [-0.25, -0.2) is 4.79 Å². The Morgan fingerprint density at radius 1 is 1.24 bits per heavy atom. The second kappa shape index (κ2) is 8.09. The number of halogens is 3. The van der Waals surface area contributed by atoms with Gasteiger partial charge in [0.15, 0.2) is 0 Å². The minimum Gasteiger partial charge on any atom is -1.00 e. The molecule has 0 saturated carbocycles. The Balaban J connectivity index is 0. The van der Waals surface area contributed by atoms with Crippen LogP contribution < -0.4 is 60.8 Å². The van der Waals surface area contributed by atoms with E-state index in [1.807, 2.05) is 0 Å². The van der Waals surface area contributed by atoms with Crippen molar-refractivity contribution in [3.8, 4) is 5.75 Å². The van der Waals surface area contributed by atoms with Crippen LogP contribution in [0.1, 0.15) is 17.3 Å². The predicted octanol–water partition coefficient (Wildman–Crippen LogP) is -3.53. The van der Waals surface area contributed by atoms with Crippen molar-refractivity contribution in [3.63, 3.8) is 0 Å². The molecule has 90 valence electrons. The molecule has 0 saturated heterocycles. The summed E-state index contributed by atoms with van der Waals surface area (Å²) in [6.07, 6.45) is -3.23. The van der Waals surface area contributed by atoms with E-state index in [9.17, 15) is 13.6 Å². The molecule has 1 rings (SSSR count). The molecule has 1 aromatic carbocycles. The SMILES string of the molecule is COC(=O)c1ccc(OC(C)(F)F)cc1.[F-].[K+]. The average Bonchev–Trinajstić information content (AvgIpc) is 2.15. The van der Waals surface area contributed by atoms with Crippen LogP contribution in [0.15, 0.2) is 24.3 Å². The van der Waals surface area contributed by atoms with E-state index >= 15 is 0 Å². The van der Waals surface area contributed by atoms with Gasteiger partial charge >= 0.3 is 63.5 Å². The van der Waals surface area contributed by atoms with Crippen molar-refractivity contribution < 1.29 is 79.1 Å². The Morgan fingerprint density at radius 2 is 1.71 bits per heavy atom. The summed E-state index contributed by atoms with van der Waals surface area (Å²) in [7, 11) is 1.24. The van der Waals surface area contributed by atoms with Gasteiger partial charge in [-0.2, -0.15) is 8.78 Å². The fraction of sp³-hybridized carbons (Fsp3) is 0.300. The first-order valence-electron chi connectivity index (χ1n) is 4.17. The van der Waals surface area contributed by atoms with E-state index < -0.39 is 12.1 Å². The molecule has 0 unspecified atom stereocenters. The van der Waals surface area contributed by atoms with Gasteiger partial charge in [0.25, 0.3) is 0 Å². The molecule has 0 aliphatic carbocycles. The third-order valence-corrected chi connectivity index (χ3v) is 1.57. The zero-order valence-electron chi connectivity index (χ0n) is 9.67. The van der Waals surface area contributed by atoms with Crippen LogP contribution in [0.5, 0.6) is 5.75 Å². The van der Waals surface area contributed by atoms with Crippen molar-refractivity contribution in [1.82, 2.24) is 0 Å². The fourth-order valence-corrected chi connectivity index (χ4v) is 0.984. The predicted molar refractivity (Wildman–Crippen MR) is 49.0 cm³/mol. The van der Waals surface area contributed by atoms with Crippen LogP contribution in [0.2, 0.25) is 0 Å². The third-order valence-electron chi connectivity index (χ3n) is 1.57. The summed E-state index contributed by atoms with van der Waals surface area (Å²) in [6, 6.07) is 5.27. The first-order valence-corrected chi connectivity index (χ1v) is 4.17. The molecule has 0 aliphatic rings. The van der Waals surface area contributed by atoms with Crippen LogP contribution in [0.3, 0.4) is 0 Å². The molecule has 0 bridgehead atoms. The summed E-state index contributed by atoms with van der Waals surface area (Å²) in [5, 5.41) is 0. The molecule has 0 spiro atoms. The number of alkyl halides is 2. The molecule has 3 nitrogen and oxygen atoms in total. The van der Waals surface area contributed by atoms with Crippen LogP contribution >= 0.6 is 0 Å². The molecular weight excluding hydrogens is 264 g/mol. The molecule has 17 heavy (non-hydrogen) atoms. The average molecular weight is 274 g/mol. The first-order chi connectivity index (χ1) is 6.92. The van der Waals surface area contributed by atoms with Crippen LogP contribution in [0.4, 0.5) is 8.78 Å². The minimum absolute atomic E-state index is 0. The molecule has 7 heteroatoms. The number of carbonyl (C=O) groups excluding carboxylic acids is 1. The monoisotopic (exact) mass is 274 g/mol. The van der Waals surface area contributed by atoms with E-state index in [1.165, 1.54) is 31.4 Å². The van der Waals surface area contributed by atoms with Crippen molar-refractivity contribution in [2.45, 2.75) is 13.0 Å². The quantitative estimate of drug-likeness (QED) is 0.423. The van der Waals surface area contributed by atoms with Crippen molar-refractivity contribution >= 4 is 5.97 Å². The minimum atomic E-state index is -3.23. The Bertz CT molecular complexity index is 349. The molecule has 0 radical (unpaired) electrons. The number of carbonyl (C=O) groups is 1. The van der Waals surface area contributed by atoms with Gasteiger partial charge in [-0.15, -0.1) is 0 Å². The standard InChI is InChI=1S/C10H10F2O3.FH.K/c1-10(11,12)15-8-5-3-7(4-6-8)9(13)14-2;;/h3-6H,1-2H3;1H;/q;;+1/p-1. The van der Waals surface area contributed by atoms with Crippen LogP contribution in [-0.4, -0.2) is 19.2 Å². The molecule has 0 fully saturated rings. The Hall–Kier alpha value is -0.0836. The molecule has 0 N–H and O–H groups in total. The number of hydrogen-bond donors (Lipinski definition) is 0. The second-order valence-electron chi connectivity index (χ2n) is 2.93.